The van der Waals surface area contributed by atoms with E-state index in [0.717, 1.165) is 24.5 Å². The first kappa shape index (κ1) is 14.6. The number of hydrogen-bond donors (Lipinski definition) is 0. The fourth-order valence-electron chi connectivity index (χ4n) is 2.30. The fraction of sp³-hybridized carbons (Fsp3) is 0.471. The average Bonchev–Trinajstić information content (AvgIpc) is 2.39. The van der Waals surface area contributed by atoms with Crippen LogP contribution in [0.15, 0.2) is 33.5 Å². The molecule has 0 saturated carbocycles. The topological polar surface area (TPSA) is 33.5 Å². The highest BCUT2D eigenvalue weighted by molar-refractivity contribution is 5.81. The van der Waals surface area contributed by atoms with Crippen molar-refractivity contribution in [1.29, 1.82) is 0 Å². The molecule has 0 aliphatic carbocycles. The zero-order valence-corrected chi connectivity index (χ0v) is 13.0. The summed E-state index contributed by atoms with van der Waals surface area (Å²) in [5.41, 5.74) is 1.60. The lowest BCUT2D eigenvalue weighted by molar-refractivity contribution is 0.421. The Hall–Kier alpha value is -1.77. The van der Waals surface area contributed by atoms with Crippen molar-refractivity contribution >= 4 is 16.7 Å². The summed E-state index contributed by atoms with van der Waals surface area (Å²) in [5.74, 6) is 0.727. The molecule has 0 radical (unpaired) electrons. The predicted octanol–water partition coefficient (Wildman–Crippen LogP) is 3.94. The van der Waals surface area contributed by atoms with Gasteiger partial charge in [-0.3, -0.25) is 4.79 Å². The van der Waals surface area contributed by atoms with Gasteiger partial charge in [0, 0.05) is 30.3 Å². The molecular formula is C17H23NO2. The lowest BCUT2D eigenvalue weighted by Gasteiger charge is -2.21. The highest BCUT2D eigenvalue weighted by Gasteiger charge is 2.19. The maximum Gasteiger partial charge on any atom is 0.193 e. The molecule has 3 nitrogen and oxygen atoms in total. The second-order valence-corrected chi connectivity index (χ2v) is 6.08. The smallest absolute Gasteiger partial charge is 0.193 e. The van der Waals surface area contributed by atoms with Gasteiger partial charge in [0.15, 0.2) is 5.43 Å². The molecule has 3 heteroatoms. The van der Waals surface area contributed by atoms with Crippen molar-refractivity contribution in [2.75, 3.05) is 18.0 Å². The molecule has 0 fully saturated rings. The summed E-state index contributed by atoms with van der Waals surface area (Å²) in [6, 6.07) is 7.47. The monoisotopic (exact) mass is 273 g/mol. The van der Waals surface area contributed by atoms with Crippen LogP contribution in [-0.4, -0.2) is 13.1 Å². The Bertz CT molecular complexity index is 661. The summed E-state index contributed by atoms with van der Waals surface area (Å²) < 4.78 is 5.89. The number of fused-ring (bicyclic) bond motifs is 1. The van der Waals surface area contributed by atoms with Crippen LogP contribution >= 0.6 is 0 Å². The number of benzene rings is 1. The van der Waals surface area contributed by atoms with Crippen molar-refractivity contribution in [2.24, 2.45) is 0 Å². The first-order valence-corrected chi connectivity index (χ1v) is 7.20. The number of rotatable bonds is 3. The lowest BCUT2D eigenvalue weighted by atomic mass is 9.92. The summed E-state index contributed by atoms with van der Waals surface area (Å²) in [6.07, 6.45) is 0. The van der Waals surface area contributed by atoms with E-state index in [0.29, 0.717) is 11.0 Å². The summed E-state index contributed by atoms with van der Waals surface area (Å²) in [4.78, 5) is 14.5. The van der Waals surface area contributed by atoms with Crippen molar-refractivity contribution in [1.82, 2.24) is 0 Å². The van der Waals surface area contributed by atoms with E-state index >= 15 is 0 Å². The minimum atomic E-state index is -0.162. The van der Waals surface area contributed by atoms with E-state index < -0.39 is 0 Å². The molecule has 0 spiro atoms. The molecule has 0 amide bonds. The third-order valence-electron chi connectivity index (χ3n) is 3.58. The zero-order chi connectivity index (χ0) is 14.9. The minimum Gasteiger partial charge on any atom is -0.460 e. The van der Waals surface area contributed by atoms with Crippen molar-refractivity contribution in [3.8, 4) is 0 Å². The molecule has 0 aliphatic rings. The molecule has 0 N–H and O–H groups in total. The Morgan fingerprint density at radius 3 is 2.30 bits per heavy atom. The van der Waals surface area contributed by atoms with Crippen LogP contribution < -0.4 is 10.3 Å². The first-order valence-electron chi connectivity index (χ1n) is 7.20. The van der Waals surface area contributed by atoms with E-state index in [-0.39, 0.29) is 10.8 Å². The first-order chi connectivity index (χ1) is 9.36. The number of nitrogens with zero attached hydrogens (tertiary/aromatic N) is 1. The van der Waals surface area contributed by atoms with E-state index in [1.54, 1.807) is 6.07 Å². The number of hydrogen-bond acceptors (Lipinski definition) is 3. The van der Waals surface area contributed by atoms with E-state index in [4.69, 9.17) is 4.42 Å². The highest BCUT2D eigenvalue weighted by atomic mass is 16.3. The molecule has 0 atom stereocenters. The van der Waals surface area contributed by atoms with Gasteiger partial charge in [-0.05, 0) is 32.0 Å². The van der Waals surface area contributed by atoms with Gasteiger partial charge >= 0.3 is 0 Å². The van der Waals surface area contributed by atoms with Crippen LogP contribution in [0.4, 0.5) is 5.69 Å². The molecule has 2 rings (SSSR count). The molecule has 1 heterocycles. The maximum atomic E-state index is 12.3. The second-order valence-electron chi connectivity index (χ2n) is 6.08. The largest absolute Gasteiger partial charge is 0.460 e. The van der Waals surface area contributed by atoms with Gasteiger partial charge in [0.2, 0.25) is 0 Å². The lowest BCUT2D eigenvalue weighted by Crippen LogP contribution is -2.22. The molecule has 2 aromatic rings. The van der Waals surface area contributed by atoms with E-state index in [9.17, 15) is 4.79 Å². The van der Waals surface area contributed by atoms with Gasteiger partial charge in [-0.2, -0.15) is 0 Å². The summed E-state index contributed by atoms with van der Waals surface area (Å²) >= 11 is 0. The third-order valence-corrected chi connectivity index (χ3v) is 3.58. The van der Waals surface area contributed by atoms with E-state index in [1.165, 1.54) is 0 Å². The van der Waals surface area contributed by atoms with Crippen molar-refractivity contribution in [3.63, 3.8) is 0 Å². The minimum absolute atomic E-state index is 0.0326. The Labute approximate surface area is 120 Å². The molecular weight excluding hydrogens is 250 g/mol. The Morgan fingerprint density at radius 2 is 1.75 bits per heavy atom. The van der Waals surface area contributed by atoms with Gasteiger partial charge in [0.1, 0.15) is 11.3 Å². The molecule has 1 aromatic heterocycles. The molecule has 0 unspecified atom stereocenters. The number of anilines is 1. The van der Waals surface area contributed by atoms with Crippen molar-refractivity contribution in [3.05, 3.63) is 40.2 Å². The quantitative estimate of drug-likeness (QED) is 0.849. The van der Waals surface area contributed by atoms with Crippen LogP contribution in [0.2, 0.25) is 0 Å². The highest BCUT2D eigenvalue weighted by Crippen LogP contribution is 2.26. The van der Waals surface area contributed by atoms with Crippen LogP contribution in [0.3, 0.4) is 0 Å². The third kappa shape index (κ3) is 2.72. The van der Waals surface area contributed by atoms with Gasteiger partial charge in [-0.15, -0.1) is 0 Å². The molecule has 0 bridgehead atoms. The van der Waals surface area contributed by atoms with Crippen molar-refractivity contribution < 1.29 is 4.42 Å². The van der Waals surface area contributed by atoms with E-state index in [2.05, 4.69) is 18.7 Å². The Kier molecular flexibility index (Phi) is 3.89. The van der Waals surface area contributed by atoms with Crippen molar-refractivity contribution in [2.45, 2.75) is 40.0 Å². The predicted molar refractivity (Wildman–Crippen MR) is 84.7 cm³/mol. The van der Waals surface area contributed by atoms with Gasteiger partial charge in [0.05, 0.1) is 5.39 Å². The normalized spacial score (nSPS) is 11.8. The van der Waals surface area contributed by atoms with Crippen LogP contribution in [0, 0.1) is 0 Å². The van der Waals surface area contributed by atoms with Crippen LogP contribution in [0.1, 0.15) is 40.4 Å². The summed E-state index contributed by atoms with van der Waals surface area (Å²) in [5, 5.41) is 0.655. The molecule has 20 heavy (non-hydrogen) atoms. The SMILES string of the molecule is CCN(CC)c1ccc2oc(C(C)(C)C)cc(=O)c2c1. The summed E-state index contributed by atoms with van der Waals surface area (Å²) in [7, 11) is 0. The van der Waals surface area contributed by atoms with Crippen LogP contribution in [-0.2, 0) is 5.41 Å². The standard InChI is InChI=1S/C17H23NO2/c1-6-18(7-2)12-8-9-15-13(10-12)14(19)11-16(20-15)17(3,4)5/h8-11H,6-7H2,1-5H3. The molecule has 1 aromatic carbocycles. The molecule has 0 saturated heterocycles. The molecule has 108 valence electrons. The van der Waals surface area contributed by atoms with Crippen LogP contribution in [0.5, 0.6) is 0 Å². The average molecular weight is 273 g/mol. The van der Waals surface area contributed by atoms with Gasteiger partial charge < -0.3 is 9.32 Å². The van der Waals surface area contributed by atoms with Crippen LogP contribution in [0.25, 0.3) is 11.0 Å². The molecule has 0 aliphatic heterocycles. The second kappa shape index (κ2) is 5.31. The Balaban J connectivity index is 2.61. The maximum absolute atomic E-state index is 12.3. The van der Waals surface area contributed by atoms with E-state index in [1.807, 2.05) is 39.0 Å². The van der Waals surface area contributed by atoms with Gasteiger partial charge in [0.25, 0.3) is 0 Å². The summed E-state index contributed by atoms with van der Waals surface area (Å²) in [6.45, 7) is 12.2. The zero-order valence-electron chi connectivity index (χ0n) is 13.0. The fourth-order valence-corrected chi connectivity index (χ4v) is 2.30. The van der Waals surface area contributed by atoms with Gasteiger partial charge in [-0.25, -0.2) is 0 Å². The Morgan fingerprint density at radius 1 is 1.10 bits per heavy atom. The van der Waals surface area contributed by atoms with Gasteiger partial charge in [-0.1, -0.05) is 20.8 Å².